The van der Waals surface area contributed by atoms with Crippen LogP contribution in [0, 0.1) is 0 Å². The number of nitrogens with zero attached hydrogens (tertiary/aromatic N) is 4. The van der Waals surface area contributed by atoms with Crippen LogP contribution in [0.3, 0.4) is 0 Å². The molecule has 0 bridgehead atoms. The molecular formula is C23H29N5O2. The van der Waals surface area contributed by atoms with Crippen molar-refractivity contribution in [2.45, 2.75) is 6.42 Å². The second kappa shape index (κ2) is 9.63. The van der Waals surface area contributed by atoms with Gasteiger partial charge < -0.3 is 24.6 Å². The Morgan fingerprint density at radius 3 is 2.37 bits per heavy atom. The fourth-order valence-electron chi connectivity index (χ4n) is 3.72. The quantitative estimate of drug-likeness (QED) is 0.574. The minimum absolute atomic E-state index is 0.732. The molecule has 0 unspecified atom stereocenters. The van der Waals surface area contributed by atoms with Crippen LogP contribution in [-0.2, 0) is 4.74 Å². The third kappa shape index (κ3) is 4.57. The number of piperazine rings is 1. The molecule has 158 valence electrons. The Hall–Kier alpha value is -3.06. The van der Waals surface area contributed by atoms with Crippen molar-refractivity contribution >= 4 is 28.4 Å². The third-order valence-electron chi connectivity index (χ3n) is 5.41. The Kier molecular flexibility index (Phi) is 6.49. The monoisotopic (exact) mass is 407 g/mol. The lowest BCUT2D eigenvalue weighted by Crippen LogP contribution is -2.47. The van der Waals surface area contributed by atoms with Gasteiger partial charge in [0.2, 0.25) is 5.95 Å². The highest BCUT2D eigenvalue weighted by molar-refractivity contribution is 5.90. The lowest BCUT2D eigenvalue weighted by atomic mass is 10.2. The number of hydrogen-bond acceptors (Lipinski definition) is 7. The first-order chi connectivity index (χ1) is 14.8. The summed E-state index contributed by atoms with van der Waals surface area (Å²) in [5.74, 6) is 2.56. The number of nitrogens with one attached hydrogen (secondary N) is 1. The van der Waals surface area contributed by atoms with E-state index in [2.05, 4.69) is 39.4 Å². The lowest BCUT2D eigenvalue weighted by Gasteiger charge is -2.36. The van der Waals surface area contributed by atoms with E-state index in [4.69, 9.17) is 19.4 Å². The van der Waals surface area contributed by atoms with E-state index in [1.54, 1.807) is 14.2 Å². The second-order valence-corrected chi connectivity index (χ2v) is 7.33. The van der Waals surface area contributed by atoms with Crippen molar-refractivity contribution in [2.75, 3.05) is 68.7 Å². The van der Waals surface area contributed by atoms with E-state index in [9.17, 15) is 0 Å². The van der Waals surface area contributed by atoms with Crippen molar-refractivity contribution in [3.63, 3.8) is 0 Å². The number of anilines is 3. The van der Waals surface area contributed by atoms with E-state index in [1.807, 2.05) is 24.3 Å². The van der Waals surface area contributed by atoms with Crippen LogP contribution < -0.4 is 19.9 Å². The number of ether oxygens (including phenoxy) is 2. The van der Waals surface area contributed by atoms with E-state index in [1.165, 1.54) is 5.69 Å². The molecule has 2 aromatic carbocycles. The fourth-order valence-corrected chi connectivity index (χ4v) is 3.72. The normalized spacial score (nSPS) is 14.2. The number of benzene rings is 2. The lowest BCUT2D eigenvalue weighted by molar-refractivity contribution is 0.198. The number of fused-ring (bicyclic) bond motifs is 1. The maximum atomic E-state index is 5.26. The SMILES string of the molecule is COCCCNc1nc(N2CCN(c3ccc(OC)cc3)CC2)nc2ccccc12. The Bertz CT molecular complexity index is 955. The molecule has 0 spiro atoms. The number of hydrogen-bond donors (Lipinski definition) is 1. The molecule has 1 N–H and O–H groups in total. The van der Waals surface area contributed by atoms with Gasteiger partial charge in [-0.05, 0) is 42.8 Å². The zero-order valence-corrected chi connectivity index (χ0v) is 17.7. The largest absolute Gasteiger partial charge is 0.497 e. The van der Waals surface area contributed by atoms with Crippen molar-refractivity contribution in [1.29, 1.82) is 0 Å². The summed E-state index contributed by atoms with van der Waals surface area (Å²) in [4.78, 5) is 14.4. The topological polar surface area (TPSA) is 62.8 Å². The maximum absolute atomic E-state index is 5.26. The molecule has 0 amide bonds. The molecule has 0 radical (unpaired) electrons. The van der Waals surface area contributed by atoms with E-state index in [0.29, 0.717) is 0 Å². The number of para-hydroxylation sites is 1. The van der Waals surface area contributed by atoms with Gasteiger partial charge in [0.05, 0.1) is 12.6 Å². The highest BCUT2D eigenvalue weighted by Gasteiger charge is 2.20. The van der Waals surface area contributed by atoms with E-state index >= 15 is 0 Å². The molecular weight excluding hydrogens is 378 g/mol. The number of rotatable bonds is 8. The summed E-state index contributed by atoms with van der Waals surface area (Å²) < 4.78 is 10.4. The smallest absolute Gasteiger partial charge is 0.228 e. The molecule has 30 heavy (non-hydrogen) atoms. The average Bonchev–Trinajstić information content (AvgIpc) is 2.82. The molecule has 0 aliphatic carbocycles. The molecule has 4 rings (SSSR count). The number of methoxy groups -OCH3 is 2. The van der Waals surface area contributed by atoms with Gasteiger partial charge in [0.15, 0.2) is 0 Å². The van der Waals surface area contributed by atoms with Gasteiger partial charge in [0, 0.05) is 57.5 Å². The highest BCUT2D eigenvalue weighted by atomic mass is 16.5. The second-order valence-electron chi connectivity index (χ2n) is 7.33. The van der Waals surface area contributed by atoms with Crippen LogP contribution in [0.2, 0.25) is 0 Å². The van der Waals surface area contributed by atoms with Crippen LogP contribution >= 0.6 is 0 Å². The molecule has 1 aliphatic rings. The Morgan fingerprint density at radius 1 is 0.900 bits per heavy atom. The summed E-state index contributed by atoms with van der Waals surface area (Å²) in [6.45, 7) is 5.18. The molecule has 7 heteroatoms. The van der Waals surface area contributed by atoms with Crippen LogP contribution in [0.4, 0.5) is 17.5 Å². The summed E-state index contributed by atoms with van der Waals surface area (Å²) in [5.41, 5.74) is 2.18. The van der Waals surface area contributed by atoms with Crippen molar-refractivity contribution in [2.24, 2.45) is 0 Å². The van der Waals surface area contributed by atoms with E-state index in [-0.39, 0.29) is 0 Å². The predicted molar refractivity (Wildman–Crippen MR) is 122 cm³/mol. The predicted octanol–water partition coefficient (Wildman–Crippen LogP) is 3.41. The summed E-state index contributed by atoms with van der Waals surface area (Å²) in [7, 11) is 3.42. The molecule has 3 aromatic rings. The van der Waals surface area contributed by atoms with Crippen LogP contribution in [0.5, 0.6) is 5.75 Å². The van der Waals surface area contributed by atoms with Gasteiger partial charge in [-0.3, -0.25) is 0 Å². The number of aromatic nitrogens is 2. The van der Waals surface area contributed by atoms with Gasteiger partial charge in [0.25, 0.3) is 0 Å². The highest BCUT2D eigenvalue weighted by Crippen LogP contribution is 2.25. The standard InChI is InChI=1S/C23H29N5O2/c1-29-17-5-12-24-22-20-6-3-4-7-21(20)25-23(26-22)28-15-13-27(14-16-28)18-8-10-19(30-2)11-9-18/h3-4,6-11H,5,12-17H2,1-2H3,(H,24,25,26). The molecule has 1 aliphatic heterocycles. The van der Waals surface area contributed by atoms with Gasteiger partial charge in [-0.25, -0.2) is 4.98 Å². The maximum Gasteiger partial charge on any atom is 0.228 e. The van der Waals surface area contributed by atoms with E-state index in [0.717, 1.165) is 74.2 Å². The van der Waals surface area contributed by atoms with Gasteiger partial charge >= 0.3 is 0 Å². The minimum atomic E-state index is 0.732. The molecule has 2 heterocycles. The van der Waals surface area contributed by atoms with Crippen molar-refractivity contribution in [3.05, 3.63) is 48.5 Å². The molecule has 1 saturated heterocycles. The third-order valence-corrected chi connectivity index (χ3v) is 5.41. The zero-order valence-electron chi connectivity index (χ0n) is 17.7. The van der Waals surface area contributed by atoms with Gasteiger partial charge in [-0.2, -0.15) is 4.98 Å². The first-order valence-electron chi connectivity index (χ1n) is 10.4. The first kappa shape index (κ1) is 20.2. The Balaban J connectivity index is 1.47. The van der Waals surface area contributed by atoms with Gasteiger partial charge in [0.1, 0.15) is 11.6 Å². The van der Waals surface area contributed by atoms with Crippen molar-refractivity contribution in [3.8, 4) is 5.75 Å². The van der Waals surface area contributed by atoms with Gasteiger partial charge in [-0.1, -0.05) is 12.1 Å². The Morgan fingerprint density at radius 2 is 1.63 bits per heavy atom. The average molecular weight is 408 g/mol. The van der Waals surface area contributed by atoms with E-state index < -0.39 is 0 Å². The van der Waals surface area contributed by atoms with Crippen LogP contribution in [0.1, 0.15) is 6.42 Å². The summed E-state index contributed by atoms with van der Waals surface area (Å²) in [6.07, 6.45) is 0.935. The van der Waals surface area contributed by atoms with Crippen molar-refractivity contribution < 1.29 is 9.47 Å². The van der Waals surface area contributed by atoms with Crippen LogP contribution in [0.25, 0.3) is 10.9 Å². The summed E-state index contributed by atoms with van der Waals surface area (Å²) in [6, 6.07) is 16.4. The van der Waals surface area contributed by atoms with Crippen LogP contribution in [-0.4, -0.2) is 63.5 Å². The fraction of sp³-hybridized carbons (Fsp3) is 0.391. The first-order valence-corrected chi connectivity index (χ1v) is 10.4. The minimum Gasteiger partial charge on any atom is -0.497 e. The summed E-state index contributed by atoms with van der Waals surface area (Å²) in [5, 5.41) is 4.52. The zero-order chi connectivity index (χ0) is 20.8. The molecule has 1 fully saturated rings. The molecule has 1 aromatic heterocycles. The Labute approximate surface area is 177 Å². The molecule has 0 saturated carbocycles. The summed E-state index contributed by atoms with van der Waals surface area (Å²) >= 11 is 0. The van der Waals surface area contributed by atoms with Gasteiger partial charge in [-0.15, -0.1) is 0 Å². The molecule has 0 atom stereocenters. The van der Waals surface area contributed by atoms with Crippen molar-refractivity contribution in [1.82, 2.24) is 9.97 Å². The van der Waals surface area contributed by atoms with Crippen LogP contribution in [0.15, 0.2) is 48.5 Å². The molecule has 7 nitrogen and oxygen atoms in total.